The van der Waals surface area contributed by atoms with Gasteiger partial charge in [-0.3, -0.25) is 0 Å². The highest BCUT2D eigenvalue weighted by Crippen LogP contribution is 2.24. The Morgan fingerprint density at radius 1 is 1.15 bits per heavy atom. The molecule has 1 saturated heterocycles. The molecule has 3 rings (SSSR count). The van der Waals surface area contributed by atoms with E-state index in [1.165, 1.54) is 5.69 Å². The lowest BCUT2D eigenvalue weighted by atomic mass is 10.2. The van der Waals surface area contributed by atoms with E-state index in [9.17, 15) is 0 Å². The van der Waals surface area contributed by atoms with Gasteiger partial charge in [0.25, 0.3) is 0 Å². The van der Waals surface area contributed by atoms with Crippen LogP contribution in [0.2, 0.25) is 0 Å². The number of hydrogen-bond donors (Lipinski definition) is 2. The van der Waals surface area contributed by atoms with Crippen molar-refractivity contribution in [2.45, 2.75) is 5.03 Å². The molecule has 0 aliphatic carbocycles. The molecule has 2 aromatic rings. The van der Waals surface area contributed by atoms with Gasteiger partial charge in [0, 0.05) is 30.7 Å². The predicted octanol–water partition coefficient (Wildman–Crippen LogP) is 3.32. The zero-order valence-corrected chi connectivity index (χ0v) is 12.4. The van der Waals surface area contributed by atoms with Crippen LogP contribution in [0.1, 0.15) is 0 Å². The molecule has 20 heavy (non-hydrogen) atoms. The summed E-state index contributed by atoms with van der Waals surface area (Å²) in [6.45, 7) is 3.59. The first kappa shape index (κ1) is 13.4. The Morgan fingerprint density at radius 2 is 1.90 bits per heavy atom. The van der Waals surface area contributed by atoms with Crippen molar-refractivity contribution < 1.29 is 4.74 Å². The molecule has 0 unspecified atom stereocenters. The number of thioether (sulfide) groups is 1. The molecule has 1 aliphatic rings. The molecule has 2 heterocycles. The van der Waals surface area contributed by atoms with Crippen LogP contribution in [-0.2, 0) is 4.74 Å². The molecule has 0 radical (unpaired) electrons. The second-order valence-corrected chi connectivity index (χ2v) is 5.58. The average Bonchev–Trinajstić information content (AvgIpc) is 2.97. The fraction of sp³-hybridized carbons (Fsp3) is 0.333. The minimum absolute atomic E-state index is 0.820. The lowest BCUT2D eigenvalue weighted by Gasteiger charge is -2.28. The van der Waals surface area contributed by atoms with Crippen LogP contribution in [0.3, 0.4) is 0 Å². The van der Waals surface area contributed by atoms with Crippen LogP contribution in [0.4, 0.5) is 17.1 Å². The zero-order valence-electron chi connectivity index (χ0n) is 11.6. The molecule has 0 spiro atoms. The number of benzene rings is 1. The first-order valence-electron chi connectivity index (χ1n) is 6.77. The van der Waals surface area contributed by atoms with Gasteiger partial charge in [0.1, 0.15) is 0 Å². The Hall–Kier alpha value is -1.59. The first-order chi connectivity index (χ1) is 9.85. The quantitative estimate of drug-likeness (QED) is 0.847. The lowest BCUT2D eigenvalue weighted by Crippen LogP contribution is -2.36. The molecule has 2 N–H and O–H groups in total. The molecule has 0 bridgehead atoms. The smallest absolute Gasteiger partial charge is 0.0740 e. The van der Waals surface area contributed by atoms with E-state index in [1.54, 1.807) is 11.8 Å². The molecule has 0 amide bonds. The Balaban J connectivity index is 1.66. The maximum atomic E-state index is 5.38. The summed E-state index contributed by atoms with van der Waals surface area (Å²) in [6.07, 6.45) is 4.05. The highest BCUT2D eigenvalue weighted by atomic mass is 32.2. The third-order valence-electron chi connectivity index (χ3n) is 3.41. The third-order valence-corrected chi connectivity index (χ3v) is 4.08. The summed E-state index contributed by atoms with van der Waals surface area (Å²) in [5.74, 6) is 0. The number of nitrogens with one attached hydrogen (secondary N) is 2. The highest BCUT2D eigenvalue weighted by molar-refractivity contribution is 7.98. The van der Waals surface area contributed by atoms with Crippen molar-refractivity contribution >= 4 is 28.8 Å². The van der Waals surface area contributed by atoms with Crippen molar-refractivity contribution in [1.82, 2.24) is 4.98 Å². The van der Waals surface area contributed by atoms with Gasteiger partial charge in [0.05, 0.1) is 23.9 Å². The maximum Gasteiger partial charge on any atom is 0.0740 e. The van der Waals surface area contributed by atoms with Gasteiger partial charge in [-0.15, -0.1) is 11.8 Å². The van der Waals surface area contributed by atoms with E-state index in [0.29, 0.717) is 0 Å². The number of H-pyrrole nitrogens is 1. The topological polar surface area (TPSA) is 40.3 Å². The molecule has 5 heteroatoms. The minimum atomic E-state index is 0.820. The Bertz CT molecular complexity index is 547. The van der Waals surface area contributed by atoms with Crippen molar-refractivity contribution in [1.29, 1.82) is 0 Å². The number of aromatic amines is 1. The normalized spacial score (nSPS) is 15.3. The second-order valence-electron chi connectivity index (χ2n) is 4.73. The lowest BCUT2D eigenvalue weighted by molar-refractivity contribution is 0.122. The first-order valence-corrected chi connectivity index (χ1v) is 8.00. The summed E-state index contributed by atoms with van der Waals surface area (Å²) in [5.41, 5.74) is 3.46. The second kappa shape index (κ2) is 6.24. The van der Waals surface area contributed by atoms with Gasteiger partial charge in [-0.1, -0.05) is 0 Å². The molecule has 1 fully saturated rings. The maximum absolute atomic E-state index is 5.38. The fourth-order valence-electron chi connectivity index (χ4n) is 2.31. The standard InChI is InChI=1S/C15H19N3OS/c1-20-15-10-13(11-16-15)17-12-2-4-14(5-3-12)18-6-8-19-9-7-18/h2-5,10-11,16-17H,6-9H2,1H3. The van der Waals surface area contributed by atoms with Crippen LogP contribution in [-0.4, -0.2) is 37.5 Å². The van der Waals surface area contributed by atoms with Crippen molar-refractivity contribution in [3.05, 3.63) is 36.5 Å². The fourth-order valence-corrected chi connectivity index (χ4v) is 2.73. The van der Waals surface area contributed by atoms with Gasteiger partial charge < -0.3 is 19.9 Å². The molecule has 0 atom stereocenters. The number of nitrogens with zero attached hydrogens (tertiary/aromatic N) is 1. The van der Waals surface area contributed by atoms with Gasteiger partial charge in [0.2, 0.25) is 0 Å². The summed E-state index contributed by atoms with van der Waals surface area (Å²) >= 11 is 1.71. The molecule has 1 aromatic carbocycles. The number of ether oxygens (including phenoxy) is 1. The molecule has 4 nitrogen and oxygen atoms in total. The number of rotatable bonds is 4. The number of anilines is 3. The van der Waals surface area contributed by atoms with E-state index in [-0.39, 0.29) is 0 Å². The van der Waals surface area contributed by atoms with Crippen molar-refractivity contribution in [3.63, 3.8) is 0 Å². The van der Waals surface area contributed by atoms with Crippen LogP contribution in [0.25, 0.3) is 0 Å². The molecule has 1 aromatic heterocycles. The monoisotopic (exact) mass is 289 g/mol. The Kier molecular flexibility index (Phi) is 4.18. The number of aromatic nitrogens is 1. The molecule has 106 valence electrons. The van der Waals surface area contributed by atoms with Gasteiger partial charge in [-0.05, 0) is 36.6 Å². The van der Waals surface area contributed by atoms with Crippen molar-refractivity contribution in [2.75, 3.05) is 42.8 Å². The Labute approximate surface area is 123 Å². The minimum Gasteiger partial charge on any atom is -0.378 e. The largest absolute Gasteiger partial charge is 0.378 e. The average molecular weight is 289 g/mol. The third kappa shape index (κ3) is 3.11. The van der Waals surface area contributed by atoms with E-state index in [1.807, 2.05) is 6.20 Å². The molecule has 0 saturated carbocycles. The van der Waals surface area contributed by atoms with Gasteiger partial charge >= 0.3 is 0 Å². The number of hydrogen-bond acceptors (Lipinski definition) is 4. The summed E-state index contributed by atoms with van der Waals surface area (Å²) in [7, 11) is 0. The van der Waals surface area contributed by atoms with E-state index < -0.39 is 0 Å². The van der Waals surface area contributed by atoms with Crippen molar-refractivity contribution in [2.24, 2.45) is 0 Å². The van der Waals surface area contributed by atoms with E-state index in [2.05, 4.69) is 51.8 Å². The van der Waals surface area contributed by atoms with Crippen LogP contribution >= 0.6 is 11.8 Å². The van der Waals surface area contributed by atoms with E-state index in [0.717, 1.165) is 42.7 Å². The number of morpholine rings is 1. The summed E-state index contributed by atoms with van der Waals surface area (Å²) in [5, 5.41) is 4.57. The highest BCUT2D eigenvalue weighted by Gasteiger charge is 2.10. The summed E-state index contributed by atoms with van der Waals surface area (Å²) in [4.78, 5) is 5.57. The van der Waals surface area contributed by atoms with Crippen LogP contribution < -0.4 is 10.2 Å². The van der Waals surface area contributed by atoms with Crippen LogP contribution in [0, 0.1) is 0 Å². The molecule has 1 aliphatic heterocycles. The molecular formula is C15H19N3OS. The molecular weight excluding hydrogens is 270 g/mol. The van der Waals surface area contributed by atoms with Gasteiger partial charge in [-0.2, -0.15) is 0 Å². The SMILES string of the molecule is CSc1cc(Nc2ccc(N3CCOCC3)cc2)c[nH]1. The van der Waals surface area contributed by atoms with Crippen molar-refractivity contribution in [3.8, 4) is 0 Å². The van der Waals surface area contributed by atoms with E-state index in [4.69, 9.17) is 4.74 Å². The summed E-state index contributed by atoms with van der Waals surface area (Å²) in [6, 6.07) is 10.7. The predicted molar refractivity (Wildman–Crippen MR) is 85.3 cm³/mol. The zero-order chi connectivity index (χ0) is 13.8. The van der Waals surface area contributed by atoms with Crippen LogP contribution in [0.15, 0.2) is 41.6 Å². The van der Waals surface area contributed by atoms with Gasteiger partial charge in [0.15, 0.2) is 0 Å². The van der Waals surface area contributed by atoms with Crippen LogP contribution in [0.5, 0.6) is 0 Å². The van der Waals surface area contributed by atoms with Gasteiger partial charge in [-0.25, -0.2) is 0 Å². The summed E-state index contributed by atoms with van der Waals surface area (Å²) < 4.78 is 5.38. The van der Waals surface area contributed by atoms with E-state index >= 15 is 0 Å². The Morgan fingerprint density at radius 3 is 2.55 bits per heavy atom.